The first-order valence-corrected chi connectivity index (χ1v) is 9.62. The van der Waals surface area contributed by atoms with Gasteiger partial charge in [0.05, 0.1) is 4.90 Å². The molecule has 1 rings (SSSR count). The van der Waals surface area contributed by atoms with Crippen molar-refractivity contribution in [3.8, 4) is 0 Å². The molecule has 0 atom stereocenters. The number of benzene rings is 1. The summed E-state index contributed by atoms with van der Waals surface area (Å²) in [6.07, 6.45) is 8.42. The minimum Gasteiger partial charge on any atom is -0.207 e. The monoisotopic (exact) mass is 311 g/mol. The maximum absolute atomic E-state index is 12.5. The van der Waals surface area contributed by atoms with E-state index in [9.17, 15) is 8.42 Å². The van der Waals surface area contributed by atoms with Gasteiger partial charge in [-0.15, -0.1) is 0 Å². The Balaban J connectivity index is 2.41. The number of hydrogen-bond donors (Lipinski definition) is 0. The van der Waals surface area contributed by atoms with E-state index in [-0.39, 0.29) is 0 Å². The van der Waals surface area contributed by atoms with Crippen molar-refractivity contribution in [2.24, 2.45) is 0 Å². The molecule has 4 heteroatoms. The normalized spacial score (nSPS) is 12.0. The van der Waals surface area contributed by atoms with Crippen molar-refractivity contribution in [2.45, 2.75) is 63.7 Å². The molecule has 0 saturated carbocycles. The fourth-order valence-corrected chi connectivity index (χ4v) is 3.94. The Morgan fingerprint density at radius 2 is 1.43 bits per heavy atom. The molecule has 0 amide bonds. The molecule has 0 bridgehead atoms. The summed E-state index contributed by atoms with van der Waals surface area (Å²) >= 11 is 0. The van der Waals surface area contributed by atoms with Crippen molar-refractivity contribution < 1.29 is 8.42 Å². The lowest BCUT2D eigenvalue weighted by molar-refractivity contribution is 0.411. The van der Waals surface area contributed by atoms with Gasteiger partial charge in [0.25, 0.3) is 0 Å². The zero-order chi connectivity index (χ0) is 15.6. The molecule has 0 heterocycles. The van der Waals surface area contributed by atoms with Crippen LogP contribution in [0, 0.1) is 0 Å². The maximum Gasteiger partial charge on any atom is 0.243 e. The molecule has 120 valence electrons. The summed E-state index contributed by atoms with van der Waals surface area (Å²) in [4.78, 5) is 0.398. The molecule has 0 spiro atoms. The summed E-state index contributed by atoms with van der Waals surface area (Å²) in [5.74, 6) is 0. The molecule has 0 N–H and O–H groups in total. The third-order valence-electron chi connectivity index (χ3n) is 3.74. The van der Waals surface area contributed by atoms with Crippen LogP contribution in [0.1, 0.15) is 58.8 Å². The van der Waals surface area contributed by atoms with Crippen LogP contribution < -0.4 is 0 Å². The molecule has 0 aromatic heterocycles. The van der Waals surface area contributed by atoms with Gasteiger partial charge in [0, 0.05) is 13.1 Å². The van der Waals surface area contributed by atoms with E-state index in [1.54, 1.807) is 28.6 Å². The predicted octanol–water partition coefficient (Wildman–Crippen LogP) is 4.45. The van der Waals surface area contributed by atoms with Gasteiger partial charge in [-0.1, -0.05) is 70.6 Å². The van der Waals surface area contributed by atoms with Crippen LogP contribution in [0.4, 0.5) is 0 Å². The van der Waals surface area contributed by atoms with Crippen molar-refractivity contribution in [1.82, 2.24) is 4.31 Å². The molecular formula is C17H29NO2S. The largest absolute Gasteiger partial charge is 0.243 e. The van der Waals surface area contributed by atoms with Gasteiger partial charge in [0.2, 0.25) is 10.0 Å². The molecule has 0 unspecified atom stereocenters. The van der Waals surface area contributed by atoms with Crippen LogP contribution >= 0.6 is 0 Å². The molecule has 0 aliphatic carbocycles. The molecule has 21 heavy (non-hydrogen) atoms. The summed E-state index contributed by atoms with van der Waals surface area (Å²) in [5.41, 5.74) is 0. The number of sulfonamides is 1. The van der Waals surface area contributed by atoms with Gasteiger partial charge in [0.15, 0.2) is 0 Å². The Bertz CT molecular complexity index is 471. The van der Waals surface area contributed by atoms with Crippen LogP contribution in [0.5, 0.6) is 0 Å². The molecule has 0 aliphatic heterocycles. The first-order chi connectivity index (χ1) is 10.1. The molecule has 0 aliphatic rings. The number of hydrogen-bond acceptors (Lipinski definition) is 2. The first-order valence-electron chi connectivity index (χ1n) is 8.18. The molecule has 1 aromatic rings. The van der Waals surface area contributed by atoms with Gasteiger partial charge < -0.3 is 0 Å². The van der Waals surface area contributed by atoms with Gasteiger partial charge in [-0.25, -0.2) is 8.42 Å². The average Bonchev–Trinajstić information content (AvgIpc) is 2.50. The van der Waals surface area contributed by atoms with Crippen LogP contribution in [-0.2, 0) is 10.0 Å². The van der Waals surface area contributed by atoms with Crippen LogP contribution in [0.2, 0.25) is 0 Å². The van der Waals surface area contributed by atoms with E-state index >= 15 is 0 Å². The summed E-state index contributed by atoms with van der Waals surface area (Å²) in [6.45, 7) is 5.28. The second-order valence-electron chi connectivity index (χ2n) is 5.43. The summed E-state index contributed by atoms with van der Waals surface area (Å²) < 4.78 is 26.6. The highest BCUT2D eigenvalue weighted by Gasteiger charge is 2.21. The highest BCUT2D eigenvalue weighted by Crippen LogP contribution is 2.16. The number of rotatable bonds is 11. The molecule has 3 nitrogen and oxygen atoms in total. The summed E-state index contributed by atoms with van der Waals surface area (Å²) in [7, 11) is -3.32. The highest BCUT2D eigenvalue weighted by atomic mass is 32.2. The van der Waals surface area contributed by atoms with Crippen LogP contribution in [0.25, 0.3) is 0 Å². The van der Waals surface area contributed by atoms with E-state index in [0.717, 1.165) is 12.8 Å². The minimum atomic E-state index is -3.32. The van der Waals surface area contributed by atoms with E-state index in [1.165, 1.54) is 32.1 Å². The second kappa shape index (κ2) is 9.96. The van der Waals surface area contributed by atoms with Gasteiger partial charge in [0.1, 0.15) is 0 Å². The van der Waals surface area contributed by atoms with Gasteiger partial charge in [-0.05, 0) is 18.6 Å². The molecule has 0 radical (unpaired) electrons. The Hall–Kier alpha value is -0.870. The van der Waals surface area contributed by atoms with E-state index in [0.29, 0.717) is 18.0 Å². The minimum absolute atomic E-state index is 0.398. The van der Waals surface area contributed by atoms with Crippen molar-refractivity contribution >= 4 is 10.0 Å². The van der Waals surface area contributed by atoms with E-state index in [2.05, 4.69) is 6.92 Å². The molecule has 1 aromatic carbocycles. The third kappa shape index (κ3) is 6.18. The zero-order valence-corrected chi connectivity index (χ0v) is 14.2. The lowest BCUT2D eigenvalue weighted by atomic mass is 10.1. The van der Waals surface area contributed by atoms with E-state index < -0.39 is 10.0 Å². The van der Waals surface area contributed by atoms with Crippen LogP contribution in [0.3, 0.4) is 0 Å². The van der Waals surface area contributed by atoms with Gasteiger partial charge >= 0.3 is 0 Å². The van der Waals surface area contributed by atoms with Crippen molar-refractivity contribution in [1.29, 1.82) is 0 Å². The smallest absolute Gasteiger partial charge is 0.207 e. The second-order valence-corrected chi connectivity index (χ2v) is 7.37. The van der Waals surface area contributed by atoms with Gasteiger partial charge in [-0.3, -0.25) is 0 Å². The number of nitrogens with zero attached hydrogens (tertiary/aromatic N) is 1. The zero-order valence-electron chi connectivity index (χ0n) is 13.4. The standard InChI is InChI=1S/C17H29NO2S/c1-3-5-6-7-8-9-13-16-18(4-2)21(19,20)17-14-11-10-12-15-17/h10-12,14-15H,3-9,13,16H2,1-2H3. The summed E-state index contributed by atoms with van der Waals surface area (Å²) in [5, 5.41) is 0. The van der Waals surface area contributed by atoms with E-state index in [1.807, 2.05) is 13.0 Å². The summed E-state index contributed by atoms with van der Waals surface area (Å²) in [6, 6.07) is 8.72. The van der Waals surface area contributed by atoms with Crippen LogP contribution in [0.15, 0.2) is 35.2 Å². The van der Waals surface area contributed by atoms with E-state index in [4.69, 9.17) is 0 Å². The Labute approximate surface area is 130 Å². The Morgan fingerprint density at radius 3 is 2.00 bits per heavy atom. The number of unbranched alkanes of at least 4 members (excludes halogenated alkanes) is 6. The molecule has 0 fully saturated rings. The van der Waals surface area contributed by atoms with Crippen LogP contribution in [-0.4, -0.2) is 25.8 Å². The Morgan fingerprint density at radius 1 is 0.857 bits per heavy atom. The predicted molar refractivity (Wildman–Crippen MR) is 88.9 cm³/mol. The van der Waals surface area contributed by atoms with Crippen molar-refractivity contribution in [3.05, 3.63) is 30.3 Å². The Kier molecular flexibility index (Phi) is 8.62. The fraction of sp³-hybridized carbons (Fsp3) is 0.647. The topological polar surface area (TPSA) is 37.4 Å². The quantitative estimate of drug-likeness (QED) is 0.566. The van der Waals surface area contributed by atoms with Gasteiger partial charge in [-0.2, -0.15) is 4.31 Å². The van der Waals surface area contributed by atoms with Crippen molar-refractivity contribution in [2.75, 3.05) is 13.1 Å². The molecule has 0 saturated heterocycles. The lowest BCUT2D eigenvalue weighted by Gasteiger charge is -2.20. The fourth-order valence-electron chi connectivity index (χ4n) is 2.44. The first kappa shape index (κ1) is 18.2. The third-order valence-corrected chi connectivity index (χ3v) is 5.73. The lowest BCUT2D eigenvalue weighted by Crippen LogP contribution is -2.31. The maximum atomic E-state index is 12.5. The SMILES string of the molecule is CCCCCCCCCN(CC)S(=O)(=O)c1ccccc1. The average molecular weight is 311 g/mol. The highest BCUT2D eigenvalue weighted by molar-refractivity contribution is 7.89. The molecular weight excluding hydrogens is 282 g/mol. The van der Waals surface area contributed by atoms with Crippen molar-refractivity contribution in [3.63, 3.8) is 0 Å².